The number of benzene rings is 2. The number of rotatable bonds is 14. The SMILES string of the molecule is COC(=O)[C@H](CCC(=O)c1ccc(OCc2ccccc2F)nc1)NC(=O)OC(C)(C)C.NC(=O)[C@@H]1CC[C@H](c2ccc(OCc3ccccc3F)nc2)N1. The van der Waals surface area contributed by atoms with E-state index < -0.39 is 23.7 Å². The molecule has 1 fully saturated rings. The monoisotopic (exact) mass is 761 g/mol. The maximum Gasteiger partial charge on any atom is 0.408 e. The molecule has 0 spiro atoms. The van der Waals surface area contributed by atoms with Crippen LogP contribution >= 0.6 is 0 Å². The minimum Gasteiger partial charge on any atom is -0.473 e. The molecule has 0 unspecified atom stereocenters. The van der Waals surface area contributed by atoms with Crippen LogP contribution in [-0.2, 0) is 32.3 Å². The van der Waals surface area contributed by atoms with Gasteiger partial charge in [0.1, 0.15) is 36.5 Å². The van der Waals surface area contributed by atoms with Gasteiger partial charge in [0.05, 0.1) is 13.2 Å². The summed E-state index contributed by atoms with van der Waals surface area (Å²) in [6.45, 7) is 5.22. The smallest absolute Gasteiger partial charge is 0.408 e. The second-order valence-electron chi connectivity index (χ2n) is 13.5. The van der Waals surface area contributed by atoms with Crippen molar-refractivity contribution < 1.29 is 46.9 Å². The fourth-order valence-corrected chi connectivity index (χ4v) is 5.34. The highest BCUT2D eigenvalue weighted by molar-refractivity contribution is 5.96. The molecular formula is C40H45F2N5O8. The largest absolute Gasteiger partial charge is 0.473 e. The number of hydrogen-bond acceptors (Lipinski definition) is 11. The summed E-state index contributed by atoms with van der Waals surface area (Å²) >= 11 is 0. The summed E-state index contributed by atoms with van der Waals surface area (Å²) in [5.74, 6) is -1.29. The van der Waals surface area contributed by atoms with Gasteiger partial charge in [-0.3, -0.25) is 14.9 Å². The van der Waals surface area contributed by atoms with Gasteiger partial charge in [-0.15, -0.1) is 0 Å². The predicted octanol–water partition coefficient (Wildman–Crippen LogP) is 5.91. The summed E-state index contributed by atoms with van der Waals surface area (Å²) in [5, 5.41) is 5.61. The first kappa shape index (κ1) is 41.8. The fraction of sp³-hybridized carbons (Fsp3) is 0.350. The zero-order chi connectivity index (χ0) is 40.0. The minimum atomic E-state index is -1.03. The zero-order valence-corrected chi connectivity index (χ0v) is 31.1. The van der Waals surface area contributed by atoms with Crippen molar-refractivity contribution in [3.63, 3.8) is 0 Å². The Bertz CT molecular complexity index is 1900. The lowest BCUT2D eigenvalue weighted by Gasteiger charge is -2.22. The summed E-state index contributed by atoms with van der Waals surface area (Å²) in [4.78, 5) is 55.9. The first-order valence-electron chi connectivity index (χ1n) is 17.5. The third-order valence-corrected chi connectivity index (χ3v) is 8.21. The van der Waals surface area contributed by atoms with Crippen LogP contribution in [-0.4, -0.2) is 58.5 Å². The number of nitrogens with zero attached hydrogens (tertiary/aromatic N) is 2. The lowest BCUT2D eigenvalue weighted by molar-refractivity contribution is -0.143. The summed E-state index contributed by atoms with van der Waals surface area (Å²) < 4.78 is 47.9. The van der Waals surface area contributed by atoms with Gasteiger partial charge in [-0.25, -0.2) is 28.3 Å². The number of carbonyl (C=O) groups is 4. The van der Waals surface area contributed by atoms with E-state index in [1.54, 1.807) is 69.4 Å². The van der Waals surface area contributed by atoms with E-state index in [9.17, 15) is 28.0 Å². The Morgan fingerprint density at radius 1 is 0.855 bits per heavy atom. The van der Waals surface area contributed by atoms with Gasteiger partial charge >= 0.3 is 12.1 Å². The van der Waals surface area contributed by atoms with Crippen LogP contribution in [0.1, 0.15) is 79.5 Å². The van der Waals surface area contributed by atoms with E-state index in [-0.39, 0.29) is 67.3 Å². The maximum absolute atomic E-state index is 13.6. The summed E-state index contributed by atoms with van der Waals surface area (Å²) in [6.07, 6.45) is 3.82. The van der Waals surface area contributed by atoms with E-state index in [0.29, 0.717) is 22.6 Å². The molecule has 292 valence electrons. The zero-order valence-electron chi connectivity index (χ0n) is 31.1. The molecule has 4 N–H and O–H groups in total. The Morgan fingerprint density at radius 3 is 1.91 bits per heavy atom. The summed E-state index contributed by atoms with van der Waals surface area (Å²) in [5.41, 5.74) is 6.73. The average Bonchev–Trinajstić information content (AvgIpc) is 3.67. The minimum absolute atomic E-state index is 0.00408. The molecule has 0 saturated carbocycles. The van der Waals surface area contributed by atoms with Crippen molar-refractivity contribution in [3.05, 3.63) is 119 Å². The van der Waals surface area contributed by atoms with Crippen LogP contribution in [0.25, 0.3) is 0 Å². The van der Waals surface area contributed by atoms with E-state index in [1.165, 1.54) is 37.6 Å². The quantitative estimate of drug-likeness (QED) is 0.103. The maximum atomic E-state index is 13.6. The molecule has 2 aromatic heterocycles. The molecule has 0 bridgehead atoms. The molecule has 0 aliphatic carbocycles. The Hall–Kier alpha value is -5.96. The first-order valence-corrected chi connectivity index (χ1v) is 17.5. The highest BCUT2D eigenvalue weighted by Crippen LogP contribution is 2.27. The molecule has 4 aromatic rings. The molecule has 1 aliphatic rings. The van der Waals surface area contributed by atoms with Crippen LogP contribution in [0.5, 0.6) is 11.8 Å². The number of amides is 2. The summed E-state index contributed by atoms with van der Waals surface area (Å²) in [6, 6.07) is 18.1. The number of Topliss-reactive ketones (excluding diaryl/α,β-unsaturated/α-hetero) is 1. The van der Waals surface area contributed by atoms with Gasteiger partial charge in [0.2, 0.25) is 17.7 Å². The van der Waals surface area contributed by atoms with Crippen LogP contribution in [0.3, 0.4) is 0 Å². The number of esters is 1. The molecule has 3 atom stereocenters. The molecular weight excluding hydrogens is 716 g/mol. The second kappa shape index (κ2) is 19.9. The lowest BCUT2D eigenvalue weighted by Crippen LogP contribution is -2.44. The number of aromatic nitrogens is 2. The Labute approximate surface area is 317 Å². The first-order chi connectivity index (χ1) is 26.2. The molecule has 55 heavy (non-hydrogen) atoms. The highest BCUT2D eigenvalue weighted by Gasteiger charge is 2.29. The van der Waals surface area contributed by atoms with E-state index in [0.717, 1.165) is 18.4 Å². The van der Waals surface area contributed by atoms with Crippen molar-refractivity contribution >= 4 is 23.8 Å². The molecule has 2 aromatic carbocycles. The Morgan fingerprint density at radius 2 is 1.44 bits per heavy atom. The third kappa shape index (κ3) is 13.4. The molecule has 3 heterocycles. The van der Waals surface area contributed by atoms with Gasteiger partial charge in [-0.2, -0.15) is 0 Å². The van der Waals surface area contributed by atoms with E-state index >= 15 is 0 Å². The van der Waals surface area contributed by atoms with Crippen LogP contribution < -0.4 is 25.8 Å². The highest BCUT2D eigenvalue weighted by atomic mass is 19.1. The number of nitrogens with one attached hydrogen (secondary N) is 2. The molecule has 13 nitrogen and oxygen atoms in total. The number of hydrogen-bond donors (Lipinski definition) is 3. The van der Waals surface area contributed by atoms with Crippen LogP contribution in [0.2, 0.25) is 0 Å². The predicted molar refractivity (Wildman–Crippen MR) is 197 cm³/mol. The van der Waals surface area contributed by atoms with E-state index in [4.69, 9.17) is 24.7 Å². The van der Waals surface area contributed by atoms with E-state index in [2.05, 4.69) is 20.6 Å². The average molecular weight is 762 g/mol. The fourth-order valence-electron chi connectivity index (χ4n) is 5.34. The Balaban J connectivity index is 0.000000257. The van der Waals surface area contributed by atoms with Crippen molar-refractivity contribution in [2.24, 2.45) is 5.73 Å². The number of methoxy groups -OCH3 is 1. The number of halogens is 2. The molecule has 1 aliphatic heterocycles. The number of pyridine rings is 2. The molecule has 5 rings (SSSR count). The summed E-state index contributed by atoms with van der Waals surface area (Å²) in [7, 11) is 1.19. The second-order valence-corrected chi connectivity index (χ2v) is 13.5. The van der Waals surface area contributed by atoms with Gasteiger partial charge in [0.15, 0.2) is 5.78 Å². The van der Waals surface area contributed by atoms with Crippen molar-refractivity contribution in [2.45, 2.75) is 83.4 Å². The van der Waals surface area contributed by atoms with Gasteiger partial charge in [-0.1, -0.05) is 42.5 Å². The normalized spacial score (nSPS) is 15.5. The van der Waals surface area contributed by atoms with Gasteiger partial charge in [0, 0.05) is 53.7 Å². The standard InChI is InChI=1S/C23H27FN2O6.C17H18FN3O2/c1-23(2,3)32-22(29)26-18(21(28)30-4)10-11-19(27)15-9-12-20(25-13-15)31-14-16-7-5-6-8-17(16)24;18-13-4-2-1-3-12(13)10-23-16-8-5-11(9-20-16)14-6-7-15(21-14)17(19)22/h5-9,12-13,18H,10-11,14H2,1-4H3,(H,26,29);1-5,8-9,14-15,21H,6-7,10H2,(H2,19,22)/t18-;14-,15+/m01/s1. The third-order valence-electron chi connectivity index (χ3n) is 8.21. The molecule has 0 radical (unpaired) electrons. The van der Waals surface area contributed by atoms with Crippen LogP contribution in [0.4, 0.5) is 13.6 Å². The van der Waals surface area contributed by atoms with Crippen molar-refractivity contribution in [2.75, 3.05) is 7.11 Å². The number of alkyl carbamates (subject to hydrolysis) is 1. The lowest BCUT2D eigenvalue weighted by atomic mass is 10.0. The number of carbonyl (C=O) groups excluding carboxylic acids is 4. The molecule has 2 amide bonds. The topological polar surface area (TPSA) is 181 Å². The Kier molecular flexibility index (Phi) is 15.1. The number of ether oxygens (including phenoxy) is 4. The van der Waals surface area contributed by atoms with Crippen LogP contribution in [0.15, 0.2) is 85.2 Å². The van der Waals surface area contributed by atoms with Crippen molar-refractivity contribution in [3.8, 4) is 11.8 Å². The number of primary amides is 1. The van der Waals surface area contributed by atoms with Gasteiger partial charge in [0.25, 0.3) is 0 Å². The van der Waals surface area contributed by atoms with Crippen molar-refractivity contribution in [1.29, 1.82) is 0 Å². The number of ketones is 1. The van der Waals surface area contributed by atoms with Gasteiger partial charge < -0.3 is 30.0 Å². The van der Waals surface area contributed by atoms with E-state index in [1.807, 2.05) is 6.07 Å². The molecule has 15 heteroatoms. The molecule has 1 saturated heterocycles. The van der Waals surface area contributed by atoms with Gasteiger partial charge in [-0.05, 0) is 63.8 Å². The van der Waals surface area contributed by atoms with Crippen LogP contribution in [0, 0.1) is 11.6 Å². The van der Waals surface area contributed by atoms with Crippen molar-refractivity contribution in [1.82, 2.24) is 20.6 Å². The number of nitrogens with two attached hydrogens (primary N) is 1.